The van der Waals surface area contributed by atoms with Crippen molar-refractivity contribution in [2.75, 3.05) is 13.2 Å². The molecule has 2 nitrogen and oxygen atoms in total. The number of rotatable bonds is 5. The quantitative estimate of drug-likeness (QED) is 0.884. The smallest absolute Gasteiger partial charge is 0.0588 e. The lowest BCUT2D eigenvalue weighted by atomic mass is 9.99. The monoisotopic (exact) mass is 269 g/mol. The van der Waals surface area contributed by atoms with Crippen LogP contribution in [-0.4, -0.2) is 19.3 Å². The fourth-order valence-electron chi connectivity index (χ4n) is 3.07. The molecule has 1 heterocycles. The first kappa shape index (κ1) is 13.6. The predicted molar refractivity (Wildman–Crippen MR) is 84.0 cm³/mol. The topological polar surface area (TPSA) is 21.3 Å². The molecule has 0 bridgehead atoms. The maximum atomic E-state index is 5.67. The minimum atomic E-state index is 0.377. The molecule has 0 radical (unpaired) electrons. The average molecular weight is 269 g/mol. The fourth-order valence-corrected chi connectivity index (χ4v) is 3.07. The second-order valence-electron chi connectivity index (χ2n) is 5.67. The molecule has 2 aromatic rings. The molecule has 20 heavy (non-hydrogen) atoms. The van der Waals surface area contributed by atoms with Gasteiger partial charge in [-0.05, 0) is 49.1 Å². The van der Waals surface area contributed by atoms with Crippen molar-refractivity contribution in [1.29, 1.82) is 0 Å². The molecular weight excluding hydrogens is 246 g/mol. The van der Waals surface area contributed by atoms with Crippen molar-refractivity contribution in [3.05, 3.63) is 48.0 Å². The summed E-state index contributed by atoms with van der Waals surface area (Å²) in [6.07, 6.45) is 4.05. The number of ether oxygens (including phenoxy) is 1. The first-order valence-electron chi connectivity index (χ1n) is 7.67. The number of fused-ring (bicyclic) bond motifs is 1. The molecule has 0 spiro atoms. The SMILES string of the molecule is CC(NCCC1CCCO1)c1cccc2ccccc12. The molecule has 1 aliphatic rings. The molecule has 1 N–H and O–H groups in total. The molecule has 1 aliphatic heterocycles. The molecule has 1 saturated heterocycles. The zero-order valence-electron chi connectivity index (χ0n) is 12.1. The van der Waals surface area contributed by atoms with Crippen LogP contribution >= 0.6 is 0 Å². The van der Waals surface area contributed by atoms with Gasteiger partial charge in [-0.15, -0.1) is 0 Å². The van der Waals surface area contributed by atoms with Crippen LogP contribution in [0.15, 0.2) is 42.5 Å². The highest BCUT2D eigenvalue weighted by atomic mass is 16.5. The third-order valence-electron chi connectivity index (χ3n) is 4.23. The van der Waals surface area contributed by atoms with E-state index in [2.05, 4.69) is 54.7 Å². The molecule has 0 amide bonds. The van der Waals surface area contributed by atoms with E-state index in [4.69, 9.17) is 4.74 Å². The Morgan fingerprint density at radius 1 is 1.20 bits per heavy atom. The van der Waals surface area contributed by atoms with Crippen molar-refractivity contribution in [3.8, 4) is 0 Å². The standard InChI is InChI=1S/C18H23NO/c1-14(19-12-11-16-8-5-13-20-16)17-10-4-7-15-6-2-3-9-18(15)17/h2-4,6-7,9-10,14,16,19H,5,8,11-13H2,1H3. The van der Waals surface area contributed by atoms with Gasteiger partial charge in [0.25, 0.3) is 0 Å². The first-order chi connectivity index (χ1) is 9.84. The van der Waals surface area contributed by atoms with Crippen LogP contribution in [0.25, 0.3) is 10.8 Å². The molecule has 0 aromatic heterocycles. The lowest BCUT2D eigenvalue weighted by molar-refractivity contribution is 0.103. The van der Waals surface area contributed by atoms with E-state index in [1.807, 2.05) is 0 Å². The highest BCUT2D eigenvalue weighted by Crippen LogP contribution is 2.24. The number of nitrogens with one attached hydrogen (secondary N) is 1. The molecule has 2 aromatic carbocycles. The number of hydrogen-bond donors (Lipinski definition) is 1. The Bertz CT molecular complexity index is 555. The van der Waals surface area contributed by atoms with Gasteiger partial charge in [-0.3, -0.25) is 0 Å². The Kier molecular flexibility index (Phi) is 4.34. The van der Waals surface area contributed by atoms with Gasteiger partial charge in [0, 0.05) is 12.6 Å². The molecule has 1 fully saturated rings. The van der Waals surface area contributed by atoms with Crippen molar-refractivity contribution in [2.45, 2.75) is 38.3 Å². The summed E-state index contributed by atoms with van der Waals surface area (Å²) in [5.41, 5.74) is 1.38. The summed E-state index contributed by atoms with van der Waals surface area (Å²) in [5, 5.41) is 6.31. The molecule has 2 unspecified atom stereocenters. The van der Waals surface area contributed by atoms with E-state index >= 15 is 0 Å². The summed E-state index contributed by atoms with van der Waals surface area (Å²) in [6.45, 7) is 4.22. The van der Waals surface area contributed by atoms with E-state index in [9.17, 15) is 0 Å². The van der Waals surface area contributed by atoms with Crippen molar-refractivity contribution < 1.29 is 4.74 Å². The van der Waals surface area contributed by atoms with E-state index in [0.717, 1.165) is 19.6 Å². The van der Waals surface area contributed by atoms with Crippen LogP contribution in [0.3, 0.4) is 0 Å². The van der Waals surface area contributed by atoms with Crippen LogP contribution in [0, 0.1) is 0 Å². The van der Waals surface area contributed by atoms with Crippen LogP contribution in [0.5, 0.6) is 0 Å². The van der Waals surface area contributed by atoms with Gasteiger partial charge in [-0.1, -0.05) is 42.5 Å². The van der Waals surface area contributed by atoms with Crippen molar-refractivity contribution >= 4 is 10.8 Å². The van der Waals surface area contributed by atoms with E-state index in [-0.39, 0.29) is 0 Å². The Morgan fingerprint density at radius 2 is 2.05 bits per heavy atom. The maximum Gasteiger partial charge on any atom is 0.0588 e. The van der Waals surface area contributed by atoms with E-state index < -0.39 is 0 Å². The van der Waals surface area contributed by atoms with Crippen LogP contribution < -0.4 is 5.32 Å². The minimum absolute atomic E-state index is 0.377. The van der Waals surface area contributed by atoms with Gasteiger partial charge < -0.3 is 10.1 Å². The molecule has 0 aliphatic carbocycles. The van der Waals surface area contributed by atoms with Gasteiger partial charge >= 0.3 is 0 Å². The lowest BCUT2D eigenvalue weighted by Gasteiger charge is -2.18. The summed E-state index contributed by atoms with van der Waals surface area (Å²) in [6, 6.07) is 15.5. The van der Waals surface area contributed by atoms with Crippen molar-refractivity contribution in [1.82, 2.24) is 5.32 Å². The van der Waals surface area contributed by atoms with Gasteiger partial charge in [0.2, 0.25) is 0 Å². The lowest BCUT2D eigenvalue weighted by Crippen LogP contribution is -2.23. The molecule has 2 atom stereocenters. The fraction of sp³-hybridized carbons (Fsp3) is 0.444. The van der Waals surface area contributed by atoms with Gasteiger partial charge in [-0.25, -0.2) is 0 Å². The third-order valence-corrected chi connectivity index (χ3v) is 4.23. The summed E-state index contributed by atoms with van der Waals surface area (Å²) < 4.78 is 5.67. The zero-order valence-corrected chi connectivity index (χ0v) is 12.1. The largest absolute Gasteiger partial charge is 0.378 e. The second kappa shape index (κ2) is 6.38. The molecule has 3 rings (SSSR count). The Labute approximate surface area is 121 Å². The van der Waals surface area contributed by atoms with Crippen molar-refractivity contribution in [3.63, 3.8) is 0 Å². The van der Waals surface area contributed by atoms with Crippen LogP contribution in [0.2, 0.25) is 0 Å². The highest BCUT2D eigenvalue weighted by Gasteiger charge is 2.15. The Hall–Kier alpha value is -1.38. The average Bonchev–Trinajstić information content (AvgIpc) is 3.00. The number of benzene rings is 2. The summed E-state index contributed by atoms with van der Waals surface area (Å²) in [7, 11) is 0. The Balaban J connectivity index is 1.64. The first-order valence-corrected chi connectivity index (χ1v) is 7.67. The van der Waals surface area contributed by atoms with Crippen molar-refractivity contribution in [2.24, 2.45) is 0 Å². The number of hydrogen-bond acceptors (Lipinski definition) is 2. The predicted octanol–water partition coefficient (Wildman–Crippen LogP) is 4.06. The van der Waals surface area contributed by atoms with E-state index in [1.54, 1.807) is 0 Å². The third kappa shape index (κ3) is 3.02. The molecular formula is C18H23NO. The summed E-state index contributed by atoms with van der Waals surface area (Å²) >= 11 is 0. The molecule has 2 heteroatoms. The Morgan fingerprint density at radius 3 is 2.90 bits per heavy atom. The molecule has 0 saturated carbocycles. The highest BCUT2D eigenvalue weighted by molar-refractivity contribution is 5.86. The van der Waals surface area contributed by atoms with E-state index in [0.29, 0.717) is 12.1 Å². The second-order valence-corrected chi connectivity index (χ2v) is 5.67. The van der Waals surface area contributed by atoms with Crippen LogP contribution in [0.4, 0.5) is 0 Å². The van der Waals surface area contributed by atoms with Crippen LogP contribution in [0.1, 0.15) is 37.8 Å². The maximum absolute atomic E-state index is 5.67. The zero-order chi connectivity index (χ0) is 13.8. The molecule has 106 valence electrons. The van der Waals surface area contributed by atoms with Crippen LogP contribution in [-0.2, 0) is 4.74 Å². The minimum Gasteiger partial charge on any atom is -0.378 e. The summed E-state index contributed by atoms with van der Waals surface area (Å²) in [4.78, 5) is 0. The van der Waals surface area contributed by atoms with Gasteiger partial charge in [0.1, 0.15) is 0 Å². The summed E-state index contributed by atoms with van der Waals surface area (Å²) in [5.74, 6) is 0. The van der Waals surface area contributed by atoms with Gasteiger partial charge in [0.15, 0.2) is 0 Å². The normalized spacial score (nSPS) is 20.4. The van der Waals surface area contributed by atoms with Gasteiger partial charge in [0.05, 0.1) is 6.10 Å². The van der Waals surface area contributed by atoms with Gasteiger partial charge in [-0.2, -0.15) is 0 Å². The van der Waals surface area contributed by atoms with E-state index in [1.165, 1.54) is 29.2 Å².